The Hall–Kier alpha value is -3.12. The maximum atomic E-state index is 12.7. The zero-order chi connectivity index (χ0) is 21.7. The lowest BCUT2D eigenvalue weighted by molar-refractivity contribution is -0.137. The number of rotatable bonds is 4. The Bertz CT molecular complexity index is 1180. The van der Waals surface area contributed by atoms with Crippen LogP contribution in [0.4, 0.5) is 24.7 Å². The smallest absolute Gasteiger partial charge is 0.417 e. The summed E-state index contributed by atoms with van der Waals surface area (Å²) in [7, 11) is -3.98. The molecule has 1 atom stereocenters. The Labute approximate surface area is 169 Å². The van der Waals surface area contributed by atoms with Gasteiger partial charge >= 0.3 is 6.18 Å². The molecule has 1 aliphatic heterocycles. The Morgan fingerprint density at radius 1 is 1.27 bits per heavy atom. The van der Waals surface area contributed by atoms with Gasteiger partial charge in [0, 0.05) is 23.6 Å². The van der Waals surface area contributed by atoms with Crippen LogP contribution in [0.1, 0.15) is 12.5 Å². The number of pyridine rings is 1. The molecule has 0 aliphatic carbocycles. The molecule has 1 aliphatic rings. The van der Waals surface area contributed by atoms with Crippen molar-refractivity contribution in [3.63, 3.8) is 0 Å². The van der Waals surface area contributed by atoms with Crippen molar-refractivity contribution in [1.82, 2.24) is 14.5 Å². The number of anilines is 2. The Balaban J connectivity index is 1.73. The van der Waals surface area contributed by atoms with E-state index in [-0.39, 0.29) is 16.8 Å². The topological polar surface area (TPSA) is 112 Å². The molecule has 3 N–H and O–H groups in total. The van der Waals surface area contributed by atoms with Gasteiger partial charge in [-0.05, 0) is 37.3 Å². The highest BCUT2D eigenvalue weighted by Gasteiger charge is 2.30. The zero-order valence-corrected chi connectivity index (χ0v) is 16.3. The van der Waals surface area contributed by atoms with Crippen molar-refractivity contribution >= 4 is 21.5 Å². The van der Waals surface area contributed by atoms with E-state index >= 15 is 0 Å². The number of nitrogens with zero attached hydrogens (tertiary/aromatic N) is 3. The molecule has 0 saturated heterocycles. The third-order valence-corrected chi connectivity index (χ3v) is 5.36. The molecule has 0 radical (unpaired) electrons. The van der Waals surface area contributed by atoms with Crippen molar-refractivity contribution in [2.75, 3.05) is 5.32 Å². The van der Waals surface area contributed by atoms with E-state index in [1.165, 1.54) is 24.3 Å². The van der Waals surface area contributed by atoms with Crippen molar-refractivity contribution in [2.24, 2.45) is 5.14 Å². The van der Waals surface area contributed by atoms with Gasteiger partial charge in [0.2, 0.25) is 10.0 Å². The first-order valence-corrected chi connectivity index (χ1v) is 10.3. The Morgan fingerprint density at radius 2 is 2.03 bits per heavy atom. The molecule has 0 saturated carbocycles. The molecule has 12 heteroatoms. The van der Waals surface area contributed by atoms with Crippen molar-refractivity contribution in [3.8, 4) is 17.3 Å². The number of aromatic nitrogens is 3. The van der Waals surface area contributed by atoms with Crippen LogP contribution in [0, 0.1) is 0 Å². The highest BCUT2D eigenvalue weighted by molar-refractivity contribution is 7.89. The van der Waals surface area contributed by atoms with Crippen molar-refractivity contribution in [2.45, 2.75) is 30.6 Å². The van der Waals surface area contributed by atoms with Gasteiger partial charge in [-0.25, -0.2) is 18.5 Å². The fourth-order valence-electron chi connectivity index (χ4n) is 3.04. The van der Waals surface area contributed by atoms with Gasteiger partial charge in [0.05, 0.1) is 22.7 Å². The monoisotopic (exact) mass is 439 g/mol. The van der Waals surface area contributed by atoms with Gasteiger partial charge in [-0.3, -0.25) is 4.57 Å². The van der Waals surface area contributed by atoms with Crippen LogP contribution in [-0.2, 0) is 22.7 Å². The standard InChI is InChI=1S/C18H16F3N5O3S/c1-10-8-26-9-15(25-17(26)29-10)13-6-12(30(22,27)28)3-4-14(13)24-16-5-2-11(7-23-16)18(19,20)21/h2-7,9-10H,8H2,1H3,(H,23,24)(H2,22,27,28). The Morgan fingerprint density at radius 3 is 2.63 bits per heavy atom. The fourth-order valence-corrected chi connectivity index (χ4v) is 3.58. The number of benzene rings is 1. The molecule has 3 aromatic rings. The van der Waals surface area contributed by atoms with E-state index in [0.717, 1.165) is 6.07 Å². The third-order valence-electron chi connectivity index (χ3n) is 4.45. The van der Waals surface area contributed by atoms with Crippen molar-refractivity contribution in [1.29, 1.82) is 0 Å². The summed E-state index contributed by atoms with van der Waals surface area (Å²) in [6, 6.07) is 6.53. The lowest BCUT2D eigenvalue weighted by Gasteiger charge is -2.13. The van der Waals surface area contributed by atoms with E-state index in [9.17, 15) is 21.6 Å². The van der Waals surface area contributed by atoms with E-state index in [1.807, 2.05) is 6.92 Å². The number of ether oxygens (including phenoxy) is 1. The van der Waals surface area contributed by atoms with E-state index in [1.54, 1.807) is 10.8 Å². The summed E-state index contributed by atoms with van der Waals surface area (Å²) in [4.78, 5) is 8.03. The molecule has 158 valence electrons. The number of primary sulfonamides is 1. The van der Waals surface area contributed by atoms with Gasteiger partial charge in [-0.1, -0.05) is 0 Å². The van der Waals surface area contributed by atoms with Gasteiger partial charge in [-0.2, -0.15) is 18.2 Å². The molecule has 0 fully saturated rings. The number of nitrogens with two attached hydrogens (primary N) is 1. The summed E-state index contributed by atoms with van der Waals surface area (Å²) < 4.78 is 69.2. The van der Waals surface area contributed by atoms with Gasteiger partial charge in [-0.15, -0.1) is 0 Å². The minimum absolute atomic E-state index is 0.0359. The van der Waals surface area contributed by atoms with Crippen LogP contribution in [0.15, 0.2) is 47.6 Å². The minimum atomic E-state index is -4.50. The molecule has 2 aromatic heterocycles. The first kappa shape index (κ1) is 20.2. The molecule has 0 amide bonds. The van der Waals surface area contributed by atoms with Crippen LogP contribution in [0.3, 0.4) is 0 Å². The summed E-state index contributed by atoms with van der Waals surface area (Å²) in [5, 5.41) is 8.13. The average molecular weight is 439 g/mol. The van der Waals surface area contributed by atoms with Gasteiger partial charge in [0.15, 0.2) is 0 Å². The molecule has 8 nitrogen and oxygen atoms in total. The SMILES string of the molecule is CC1Cn2cc(-c3cc(S(N)(=O)=O)ccc3Nc3ccc(C(F)(F)F)cn3)nc2O1. The summed E-state index contributed by atoms with van der Waals surface area (Å²) >= 11 is 0. The summed E-state index contributed by atoms with van der Waals surface area (Å²) in [5.41, 5.74) is 0.298. The van der Waals surface area contributed by atoms with E-state index in [2.05, 4.69) is 15.3 Å². The first-order valence-electron chi connectivity index (χ1n) is 8.72. The second-order valence-electron chi connectivity index (χ2n) is 6.80. The van der Waals surface area contributed by atoms with Crippen LogP contribution >= 0.6 is 0 Å². The average Bonchev–Trinajstić information content (AvgIpc) is 3.18. The van der Waals surface area contributed by atoms with Gasteiger partial charge < -0.3 is 10.1 Å². The summed E-state index contributed by atoms with van der Waals surface area (Å²) in [6.45, 7) is 2.47. The summed E-state index contributed by atoms with van der Waals surface area (Å²) in [6.07, 6.45) is -2.12. The van der Waals surface area contributed by atoms with E-state index in [0.29, 0.717) is 35.7 Å². The number of sulfonamides is 1. The minimum Gasteiger partial charge on any atom is -0.460 e. The second-order valence-corrected chi connectivity index (χ2v) is 8.36. The second kappa shape index (κ2) is 6.99. The Kier molecular flexibility index (Phi) is 4.70. The van der Waals surface area contributed by atoms with Crippen LogP contribution in [0.25, 0.3) is 11.3 Å². The quantitative estimate of drug-likeness (QED) is 0.646. The number of nitrogens with one attached hydrogen (secondary N) is 1. The zero-order valence-electron chi connectivity index (χ0n) is 15.5. The number of fused-ring (bicyclic) bond motifs is 1. The number of halogens is 3. The van der Waals surface area contributed by atoms with Crippen LogP contribution in [0.2, 0.25) is 0 Å². The highest BCUT2D eigenvalue weighted by atomic mass is 32.2. The van der Waals surface area contributed by atoms with Crippen molar-refractivity contribution in [3.05, 3.63) is 48.3 Å². The largest absolute Gasteiger partial charge is 0.460 e. The van der Waals surface area contributed by atoms with Gasteiger partial charge in [0.25, 0.3) is 6.01 Å². The molecule has 1 unspecified atom stereocenters. The highest BCUT2D eigenvalue weighted by Crippen LogP contribution is 2.35. The lowest BCUT2D eigenvalue weighted by atomic mass is 10.1. The lowest BCUT2D eigenvalue weighted by Crippen LogP contribution is -2.12. The first-order chi connectivity index (χ1) is 14.0. The third kappa shape index (κ3) is 3.96. The van der Waals surface area contributed by atoms with E-state index < -0.39 is 21.8 Å². The predicted molar refractivity (Wildman–Crippen MR) is 102 cm³/mol. The number of alkyl halides is 3. The van der Waals surface area contributed by atoms with Crippen LogP contribution in [-0.4, -0.2) is 29.1 Å². The number of imidazole rings is 1. The van der Waals surface area contributed by atoms with Crippen LogP contribution in [0.5, 0.6) is 6.01 Å². The molecule has 0 spiro atoms. The van der Waals surface area contributed by atoms with Crippen molar-refractivity contribution < 1.29 is 26.3 Å². The van der Waals surface area contributed by atoms with Gasteiger partial charge in [0.1, 0.15) is 11.9 Å². The maximum Gasteiger partial charge on any atom is 0.417 e. The fraction of sp³-hybridized carbons (Fsp3) is 0.222. The maximum absolute atomic E-state index is 12.7. The van der Waals surface area contributed by atoms with E-state index in [4.69, 9.17) is 9.88 Å². The molecule has 0 bridgehead atoms. The molecule has 4 rings (SSSR count). The summed E-state index contributed by atoms with van der Waals surface area (Å²) in [5.74, 6) is 0.143. The molecule has 3 heterocycles. The van der Waals surface area contributed by atoms with Crippen LogP contribution < -0.4 is 15.2 Å². The molecule has 1 aromatic carbocycles. The number of hydrogen-bond donors (Lipinski definition) is 2. The molecular weight excluding hydrogens is 423 g/mol. The molecule has 30 heavy (non-hydrogen) atoms. The normalized spacial score (nSPS) is 16.2. The molecular formula is C18H16F3N5O3S. The predicted octanol–water partition coefficient (Wildman–Crippen LogP) is 3.14. The number of hydrogen-bond acceptors (Lipinski definition) is 6.